The molecule has 2 aromatic rings. The summed E-state index contributed by atoms with van der Waals surface area (Å²) in [5.41, 5.74) is 0.346. The number of hydrogen-bond acceptors (Lipinski definition) is 5. The van der Waals surface area contributed by atoms with Crippen molar-refractivity contribution in [3.63, 3.8) is 0 Å². The highest BCUT2D eigenvalue weighted by molar-refractivity contribution is 5.96. The first-order chi connectivity index (χ1) is 15.2. The molecule has 1 fully saturated rings. The van der Waals surface area contributed by atoms with Gasteiger partial charge in [0.2, 0.25) is 5.91 Å². The lowest BCUT2D eigenvalue weighted by atomic mass is 9.97. The van der Waals surface area contributed by atoms with Gasteiger partial charge in [0.25, 0.3) is 11.5 Å². The van der Waals surface area contributed by atoms with E-state index in [1.807, 2.05) is 14.1 Å². The lowest BCUT2D eigenvalue weighted by Crippen LogP contribution is -2.44. The van der Waals surface area contributed by atoms with Crippen molar-refractivity contribution in [1.82, 2.24) is 19.7 Å². The topological polar surface area (TPSA) is 94.9 Å². The highest BCUT2D eigenvalue weighted by atomic mass is 19.1. The van der Waals surface area contributed by atoms with E-state index in [0.29, 0.717) is 24.2 Å². The van der Waals surface area contributed by atoms with Gasteiger partial charge >= 0.3 is 0 Å². The van der Waals surface area contributed by atoms with Crippen LogP contribution in [0.1, 0.15) is 46.9 Å². The second kappa shape index (κ2) is 9.95. The molecule has 0 radical (unpaired) electrons. The van der Waals surface area contributed by atoms with Crippen molar-refractivity contribution in [3.05, 3.63) is 63.3 Å². The van der Waals surface area contributed by atoms with Gasteiger partial charge in [0.15, 0.2) is 5.75 Å². The molecule has 1 aromatic carbocycles. The minimum Gasteiger partial charge on any atom is -0.502 e. The summed E-state index contributed by atoms with van der Waals surface area (Å²) in [4.78, 5) is 41.8. The van der Waals surface area contributed by atoms with Crippen molar-refractivity contribution < 1.29 is 19.1 Å². The van der Waals surface area contributed by atoms with Gasteiger partial charge in [-0.05, 0) is 57.1 Å². The fourth-order valence-corrected chi connectivity index (χ4v) is 3.98. The van der Waals surface area contributed by atoms with E-state index in [1.54, 1.807) is 21.9 Å². The van der Waals surface area contributed by atoms with Crippen LogP contribution in [0.2, 0.25) is 0 Å². The number of halogens is 1. The van der Waals surface area contributed by atoms with E-state index in [-0.39, 0.29) is 36.4 Å². The first-order valence-electron chi connectivity index (χ1n) is 10.6. The first-order valence-corrected chi connectivity index (χ1v) is 10.6. The zero-order chi connectivity index (χ0) is 23.4. The van der Waals surface area contributed by atoms with E-state index in [9.17, 15) is 23.9 Å². The molecule has 9 heteroatoms. The molecule has 1 saturated heterocycles. The van der Waals surface area contributed by atoms with Gasteiger partial charge in [0.05, 0.1) is 18.2 Å². The van der Waals surface area contributed by atoms with Crippen LogP contribution in [0.5, 0.6) is 5.75 Å². The molecule has 1 aliphatic heterocycles. The summed E-state index contributed by atoms with van der Waals surface area (Å²) in [6.45, 7) is 0.923. The lowest BCUT2D eigenvalue weighted by molar-refractivity contribution is -0.135. The highest BCUT2D eigenvalue weighted by Gasteiger charge is 2.31. The smallest absolute Gasteiger partial charge is 0.293 e. The van der Waals surface area contributed by atoms with E-state index >= 15 is 0 Å². The summed E-state index contributed by atoms with van der Waals surface area (Å²) >= 11 is 0. The van der Waals surface area contributed by atoms with Crippen LogP contribution in [-0.2, 0) is 18.4 Å². The number of hydrogen-bond donors (Lipinski definition) is 2. The Hall–Kier alpha value is -3.20. The summed E-state index contributed by atoms with van der Waals surface area (Å²) < 4.78 is 14.4. The molecule has 2 N–H and O–H groups in total. The molecule has 0 aliphatic carbocycles. The van der Waals surface area contributed by atoms with Crippen LogP contribution in [0, 0.1) is 5.82 Å². The molecular formula is C23H29FN4O4. The first kappa shape index (κ1) is 23.5. The molecule has 172 valence electrons. The third-order valence-electron chi connectivity index (χ3n) is 5.67. The van der Waals surface area contributed by atoms with Crippen molar-refractivity contribution in [1.29, 1.82) is 0 Å². The van der Waals surface area contributed by atoms with Crippen molar-refractivity contribution in [2.45, 2.75) is 31.8 Å². The van der Waals surface area contributed by atoms with Crippen molar-refractivity contribution in [2.24, 2.45) is 7.05 Å². The standard InChI is InChI=1S/C23H29FN4O4/c1-26(2)14-20(29)28-11-5-4-6-18(28)19-12-17(21(30)23(32)27(19)3)22(31)25-13-15-7-9-16(24)10-8-15/h7-10,12,18,30H,4-6,11,13-14H2,1-3H3,(H,25,31). The zero-order valence-corrected chi connectivity index (χ0v) is 18.6. The van der Waals surface area contributed by atoms with E-state index in [4.69, 9.17) is 0 Å². The third kappa shape index (κ3) is 5.16. The molecule has 32 heavy (non-hydrogen) atoms. The fourth-order valence-electron chi connectivity index (χ4n) is 3.98. The van der Waals surface area contributed by atoms with Gasteiger partial charge in [-0.1, -0.05) is 12.1 Å². The zero-order valence-electron chi connectivity index (χ0n) is 18.6. The summed E-state index contributed by atoms with van der Waals surface area (Å²) in [6, 6.07) is 6.79. The molecule has 0 spiro atoms. The van der Waals surface area contributed by atoms with Crippen molar-refractivity contribution in [2.75, 3.05) is 27.2 Å². The fraction of sp³-hybridized carbons (Fsp3) is 0.435. The summed E-state index contributed by atoms with van der Waals surface area (Å²) in [7, 11) is 5.16. The number of piperidine rings is 1. The summed E-state index contributed by atoms with van der Waals surface area (Å²) in [6.07, 6.45) is 2.41. The minimum absolute atomic E-state index is 0.0532. The van der Waals surface area contributed by atoms with Crippen LogP contribution in [0.3, 0.4) is 0 Å². The molecule has 1 aromatic heterocycles. The van der Waals surface area contributed by atoms with Gasteiger partial charge in [-0.25, -0.2) is 4.39 Å². The van der Waals surface area contributed by atoms with Gasteiger partial charge in [0.1, 0.15) is 5.82 Å². The van der Waals surface area contributed by atoms with Crippen molar-refractivity contribution in [3.8, 4) is 5.75 Å². The molecule has 0 saturated carbocycles. The maximum atomic E-state index is 13.1. The van der Waals surface area contributed by atoms with E-state index in [1.165, 1.54) is 29.8 Å². The summed E-state index contributed by atoms with van der Waals surface area (Å²) in [5.74, 6) is -1.69. The van der Waals surface area contributed by atoms with E-state index in [0.717, 1.165) is 12.8 Å². The van der Waals surface area contributed by atoms with Gasteiger partial charge in [-0.3, -0.25) is 14.4 Å². The number of pyridine rings is 1. The maximum Gasteiger partial charge on any atom is 0.293 e. The Balaban J connectivity index is 1.90. The van der Waals surface area contributed by atoms with Gasteiger partial charge < -0.3 is 24.8 Å². The Labute approximate surface area is 186 Å². The number of likely N-dealkylation sites (tertiary alicyclic amines) is 1. The average molecular weight is 445 g/mol. The van der Waals surface area contributed by atoms with E-state index < -0.39 is 17.2 Å². The molecule has 0 bridgehead atoms. The highest BCUT2D eigenvalue weighted by Crippen LogP contribution is 2.32. The van der Waals surface area contributed by atoms with Gasteiger partial charge in [-0.2, -0.15) is 0 Å². The average Bonchev–Trinajstić information content (AvgIpc) is 2.76. The second-order valence-electron chi connectivity index (χ2n) is 8.34. The van der Waals surface area contributed by atoms with Gasteiger partial charge in [0, 0.05) is 25.8 Å². The molecule has 1 aliphatic rings. The minimum atomic E-state index is -0.694. The number of carbonyl (C=O) groups is 2. The number of nitrogens with zero attached hydrogens (tertiary/aromatic N) is 3. The number of carbonyl (C=O) groups excluding carboxylic acids is 2. The number of aromatic hydroxyl groups is 1. The van der Waals surface area contributed by atoms with E-state index in [2.05, 4.69) is 5.32 Å². The monoisotopic (exact) mass is 444 g/mol. The van der Waals surface area contributed by atoms with Crippen LogP contribution in [-0.4, -0.2) is 58.5 Å². The van der Waals surface area contributed by atoms with Gasteiger partial charge in [-0.15, -0.1) is 0 Å². The van der Waals surface area contributed by atoms with Crippen molar-refractivity contribution >= 4 is 11.8 Å². The molecule has 2 heterocycles. The number of benzene rings is 1. The van der Waals surface area contributed by atoms with Crippen LogP contribution in [0.4, 0.5) is 4.39 Å². The Bertz CT molecular complexity index is 1050. The van der Waals surface area contributed by atoms with Crippen LogP contribution >= 0.6 is 0 Å². The van der Waals surface area contributed by atoms with Crippen LogP contribution in [0.25, 0.3) is 0 Å². The Morgan fingerprint density at radius 2 is 1.91 bits per heavy atom. The Kier molecular flexibility index (Phi) is 7.29. The second-order valence-corrected chi connectivity index (χ2v) is 8.34. The molecule has 1 atom stereocenters. The third-order valence-corrected chi connectivity index (χ3v) is 5.67. The lowest BCUT2D eigenvalue weighted by Gasteiger charge is -2.37. The normalized spacial score (nSPS) is 16.3. The molecule has 1 unspecified atom stereocenters. The number of amides is 2. The number of nitrogens with one attached hydrogen (secondary N) is 1. The quantitative estimate of drug-likeness (QED) is 0.708. The molecule has 2 amide bonds. The SMILES string of the molecule is CN(C)CC(=O)N1CCCCC1c1cc(C(=O)NCc2ccc(F)cc2)c(O)c(=O)n1C. The Morgan fingerprint density at radius 3 is 2.56 bits per heavy atom. The molecular weight excluding hydrogens is 415 g/mol. The predicted octanol–water partition coefficient (Wildman–Crippen LogP) is 1.78. The Morgan fingerprint density at radius 1 is 1.22 bits per heavy atom. The molecule has 3 rings (SSSR count). The summed E-state index contributed by atoms with van der Waals surface area (Å²) in [5, 5.41) is 13.0. The number of rotatable bonds is 6. The molecule has 8 nitrogen and oxygen atoms in total. The predicted molar refractivity (Wildman–Crippen MR) is 118 cm³/mol. The maximum absolute atomic E-state index is 13.1. The van der Waals surface area contributed by atoms with Crippen LogP contribution in [0.15, 0.2) is 35.1 Å². The number of aromatic nitrogens is 1. The van der Waals surface area contributed by atoms with Crippen LogP contribution < -0.4 is 10.9 Å². The number of likely N-dealkylation sites (N-methyl/N-ethyl adjacent to an activating group) is 1. The largest absolute Gasteiger partial charge is 0.502 e.